The maximum absolute atomic E-state index is 10.4. The Kier molecular flexibility index (Phi) is 1.69. The Bertz CT molecular complexity index is 436. The molecule has 2 rings (SSSR count). The number of aldehydes is 1. The van der Waals surface area contributed by atoms with Crippen LogP contribution < -0.4 is 0 Å². The van der Waals surface area contributed by atoms with Gasteiger partial charge in [0.25, 0.3) is 0 Å². The van der Waals surface area contributed by atoms with E-state index < -0.39 is 0 Å². The number of halogens is 1. The van der Waals surface area contributed by atoms with Crippen LogP contribution in [0, 0.1) is 0 Å². The van der Waals surface area contributed by atoms with Gasteiger partial charge in [-0.05, 0) is 22.0 Å². The molecule has 0 radical (unpaired) electrons. The van der Waals surface area contributed by atoms with Crippen molar-refractivity contribution in [3.05, 3.63) is 28.6 Å². The fourth-order valence-electron chi connectivity index (χ4n) is 0.983. The second-order valence-electron chi connectivity index (χ2n) is 2.33. The zero-order valence-corrected chi connectivity index (χ0v) is 7.54. The van der Waals surface area contributed by atoms with Gasteiger partial charge in [0.1, 0.15) is 0 Å². The molecule has 0 aliphatic heterocycles. The lowest BCUT2D eigenvalue weighted by Crippen LogP contribution is -1.80. The largest absolute Gasteiger partial charge is 0.431 e. The first kappa shape index (κ1) is 7.49. The van der Waals surface area contributed by atoms with Gasteiger partial charge in [-0.15, -0.1) is 0 Å². The average molecular weight is 226 g/mol. The van der Waals surface area contributed by atoms with E-state index in [0.717, 1.165) is 11.7 Å². The molecule has 2 heterocycles. The number of fused-ring (bicyclic) bond motifs is 1. The van der Waals surface area contributed by atoms with E-state index in [2.05, 4.69) is 20.9 Å². The van der Waals surface area contributed by atoms with Gasteiger partial charge in [-0.3, -0.25) is 4.79 Å². The molecule has 0 atom stereocenters. The van der Waals surface area contributed by atoms with Gasteiger partial charge in [0, 0.05) is 23.2 Å². The van der Waals surface area contributed by atoms with Crippen molar-refractivity contribution >= 4 is 33.3 Å². The van der Waals surface area contributed by atoms with Crippen molar-refractivity contribution in [3.63, 3.8) is 0 Å². The van der Waals surface area contributed by atoms with E-state index in [1.807, 2.05) is 0 Å². The van der Waals surface area contributed by atoms with Gasteiger partial charge in [0.15, 0.2) is 11.0 Å². The van der Waals surface area contributed by atoms with Crippen LogP contribution in [0.2, 0.25) is 0 Å². The van der Waals surface area contributed by atoms with Gasteiger partial charge >= 0.3 is 0 Å². The van der Waals surface area contributed by atoms with Crippen molar-refractivity contribution < 1.29 is 9.21 Å². The van der Waals surface area contributed by atoms with Crippen molar-refractivity contribution in [1.82, 2.24) is 4.98 Å². The fraction of sp³-hybridized carbons (Fsp3) is 0. The Morgan fingerprint density at radius 1 is 1.50 bits per heavy atom. The molecule has 4 heteroatoms. The van der Waals surface area contributed by atoms with E-state index in [9.17, 15) is 4.79 Å². The second kappa shape index (κ2) is 2.71. The number of carbonyl (C=O) groups excluding carboxylic acids is 1. The summed E-state index contributed by atoms with van der Waals surface area (Å²) in [6, 6.07) is 3.50. The number of hydrogen-bond donors (Lipinski definition) is 0. The van der Waals surface area contributed by atoms with E-state index in [1.54, 1.807) is 12.1 Å². The molecule has 0 bridgehead atoms. The van der Waals surface area contributed by atoms with Gasteiger partial charge in [-0.2, -0.15) is 0 Å². The molecule has 0 aromatic carbocycles. The Hall–Kier alpha value is -1.16. The first-order valence-corrected chi connectivity index (χ1v) is 4.09. The van der Waals surface area contributed by atoms with Gasteiger partial charge in [-0.25, -0.2) is 4.98 Å². The highest BCUT2D eigenvalue weighted by atomic mass is 79.9. The Morgan fingerprint density at radius 3 is 3.08 bits per heavy atom. The minimum absolute atomic E-state index is 0.535. The molecule has 0 amide bonds. The highest BCUT2D eigenvalue weighted by molar-refractivity contribution is 9.10. The molecule has 0 saturated carbocycles. The molecule has 2 aromatic rings. The second-order valence-corrected chi connectivity index (χ2v) is 3.11. The number of hydrogen-bond acceptors (Lipinski definition) is 3. The summed E-state index contributed by atoms with van der Waals surface area (Å²) < 4.78 is 5.78. The van der Waals surface area contributed by atoms with Gasteiger partial charge in [-0.1, -0.05) is 0 Å². The molecule has 0 saturated heterocycles. The number of carbonyl (C=O) groups is 1. The van der Waals surface area contributed by atoms with E-state index in [-0.39, 0.29) is 0 Å². The van der Waals surface area contributed by atoms with Crippen LogP contribution in [0.3, 0.4) is 0 Å². The summed E-state index contributed by atoms with van der Waals surface area (Å²) in [6.07, 6.45) is 2.23. The molecule has 60 valence electrons. The first-order valence-electron chi connectivity index (χ1n) is 3.30. The Labute approximate surface area is 76.5 Å². The van der Waals surface area contributed by atoms with Crippen molar-refractivity contribution in [2.45, 2.75) is 0 Å². The summed E-state index contributed by atoms with van der Waals surface area (Å²) in [6.45, 7) is 0. The molecular formula is C8H4BrNO2. The predicted molar refractivity (Wildman–Crippen MR) is 47.1 cm³/mol. The summed E-state index contributed by atoms with van der Waals surface area (Å²) in [7, 11) is 0. The lowest BCUT2D eigenvalue weighted by molar-refractivity contribution is 0.112. The lowest BCUT2D eigenvalue weighted by atomic mass is 10.2. The van der Waals surface area contributed by atoms with E-state index in [0.29, 0.717) is 15.9 Å². The maximum Gasteiger partial charge on any atom is 0.227 e. The molecule has 0 fully saturated rings. The number of rotatable bonds is 1. The summed E-state index contributed by atoms with van der Waals surface area (Å²) in [5.41, 5.74) is 1.09. The third-order valence-corrected chi connectivity index (χ3v) is 1.89. The van der Waals surface area contributed by atoms with E-state index in [4.69, 9.17) is 4.42 Å². The van der Waals surface area contributed by atoms with Crippen molar-refractivity contribution in [2.24, 2.45) is 0 Å². The van der Waals surface area contributed by atoms with Crippen LogP contribution in [-0.4, -0.2) is 11.3 Å². The van der Waals surface area contributed by atoms with E-state index >= 15 is 0 Å². The number of aromatic nitrogens is 1. The van der Waals surface area contributed by atoms with Crippen LogP contribution in [-0.2, 0) is 0 Å². The van der Waals surface area contributed by atoms with Crippen LogP contribution in [0.25, 0.3) is 11.1 Å². The Morgan fingerprint density at radius 2 is 2.33 bits per heavy atom. The predicted octanol–water partition coefficient (Wildman–Crippen LogP) is 2.40. The van der Waals surface area contributed by atoms with Gasteiger partial charge in [0.2, 0.25) is 5.71 Å². The van der Waals surface area contributed by atoms with Gasteiger partial charge in [0.05, 0.1) is 0 Å². The molecule has 12 heavy (non-hydrogen) atoms. The van der Waals surface area contributed by atoms with Crippen LogP contribution in [0.5, 0.6) is 0 Å². The number of pyridine rings is 1. The standard InChI is InChI=1S/C8H4BrNO2/c9-7-2-6-1-5(4-11)3-10-8(6)12-7/h1-4H. The van der Waals surface area contributed by atoms with Gasteiger partial charge < -0.3 is 4.42 Å². The highest BCUT2D eigenvalue weighted by Gasteiger charge is 2.02. The van der Waals surface area contributed by atoms with Crippen LogP contribution in [0.15, 0.2) is 27.4 Å². The van der Waals surface area contributed by atoms with Crippen LogP contribution in [0.4, 0.5) is 0 Å². The van der Waals surface area contributed by atoms with Crippen LogP contribution >= 0.6 is 15.9 Å². The zero-order valence-electron chi connectivity index (χ0n) is 5.95. The topological polar surface area (TPSA) is 43.1 Å². The van der Waals surface area contributed by atoms with Crippen molar-refractivity contribution in [2.75, 3.05) is 0 Å². The lowest BCUT2D eigenvalue weighted by Gasteiger charge is -1.87. The van der Waals surface area contributed by atoms with Crippen LogP contribution in [0.1, 0.15) is 10.4 Å². The molecule has 0 unspecified atom stereocenters. The molecule has 2 aromatic heterocycles. The number of furan rings is 1. The van der Waals surface area contributed by atoms with E-state index in [1.165, 1.54) is 6.20 Å². The molecule has 0 aliphatic carbocycles. The van der Waals surface area contributed by atoms with Crippen molar-refractivity contribution in [3.8, 4) is 0 Å². The molecular weight excluding hydrogens is 222 g/mol. The molecule has 0 aliphatic rings. The molecule has 0 spiro atoms. The first-order chi connectivity index (χ1) is 5.79. The Balaban J connectivity index is 2.74. The minimum atomic E-state index is 0.535. The summed E-state index contributed by atoms with van der Waals surface area (Å²) in [4.78, 5) is 14.3. The summed E-state index contributed by atoms with van der Waals surface area (Å²) in [5, 5.41) is 0.825. The SMILES string of the molecule is O=Cc1cnc2oc(Br)cc2c1. The summed E-state index contributed by atoms with van der Waals surface area (Å²) in [5.74, 6) is 0. The maximum atomic E-state index is 10.4. The molecule has 3 nitrogen and oxygen atoms in total. The third kappa shape index (κ3) is 1.14. The highest BCUT2D eigenvalue weighted by Crippen LogP contribution is 2.21. The third-order valence-electron chi connectivity index (χ3n) is 1.50. The normalized spacial score (nSPS) is 10.4. The minimum Gasteiger partial charge on any atom is -0.431 e. The number of nitrogens with zero attached hydrogens (tertiary/aromatic N) is 1. The smallest absolute Gasteiger partial charge is 0.227 e. The molecule has 0 N–H and O–H groups in total. The monoisotopic (exact) mass is 225 g/mol. The zero-order chi connectivity index (χ0) is 8.55. The fourth-order valence-corrected chi connectivity index (χ4v) is 1.38. The summed E-state index contributed by atoms with van der Waals surface area (Å²) >= 11 is 3.18. The quantitative estimate of drug-likeness (QED) is 0.701. The van der Waals surface area contributed by atoms with Crippen molar-refractivity contribution in [1.29, 1.82) is 0 Å². The average Bonchev–Trinajstić information content (AvgIpc) is 2.43.